The minimum absolute atomic E-state index is 0.722. The minimum atomic E-state index is 0.722. The van der Waals surface area contributed by atoms with Gasteiger partial charge in [0.2, 0.25) is 0 Å². The van der Waals surface area contributed by atoms with Gasteiger partial charge in [0.15, 0.2) is 0 Å². The van der Waals surface area contributed by atoms with Gasteiger partial charge >= 0.3 is 0 Å². The fourth-order valence-electron chi connectivity index (χ4n) is 2.57. The lowest BCUT2D eigenvalue weighted by Gasteiger charge is -2.07. The molecule has 1 aliphatic rings. The predicted molar refractivity (Wildman–Crippen MR) is 81.1 cm³/mol. The number of halogens is 1. The molecule has 0 spiro atoms. The smallest absolute Gasteiger partial charge is 0.0568 e. The molecule has 0 bridgehead atoms. The van der Waals surface area contributed by atoms with Crippen molar-refractivity contribution in [2.45, 2.75) is 19.9 Å². The van der Waals surface area contributed by atoms with Crippen LogP contribution in [0.2, 0.25) is 0 Å². The first-order valence-electron chi connectivity index (χ1n) is 6.72. The second kappa shape index (κ2) is 5.47. The van der Waals surface area contributed by atoms with Gasteiger partial charge in [0.1, 0.15) is 0 Å². The molecule has 1 fully saturated rings. The zero-order valence-electron chi connectivity index (χ0n) is 11.1. The van der Waals surface area contributed by atoms with Crippen LogP contribution in [0.4, 0.5) is 0 Å². The molecule has 2 aromatic rings. The van der Waals surface area contributed by atoms with Crippen LogP contribution in [0.25, 0.3) is 11.1 Å². The number of benzene rings is 1. The van der Waals surface area contributed by atoms with Gasteiger partial charge in [-0.25, -0.2) is 0 Å². The first-order chi connectivity index (χ1) is 9.22. The molecule has 2 heterocycles. The Morgan fingerprint density at radius 2 is 2.32 bits per heavy atom. The Kier molecular flexibility index (Phi) is 3.71. The Labute approximate surface area is 122 Å². The van der Waals surface area contributed by atoms with Crippen LogP contribution in [-0.4, -0.2) is 22.9 Å². The monoisotopic (exact) mass is 319 g/mol. The molecule has 1 atom stereocenters. The van der Waals surface area contributed by atoms with Gasteiger partial charge in [-0.15, -0.1) is 0 Å². The van der Waals surface area contributed by atoms with Crippen molar-refractivity contribution in [3.05, 3.63) is 40.6 Å². The molecule has 0 saturated carbocycles. The highest BCUT2D eigenvalue weighted by Crippen LogP contribution is 2.25. The summed E-state index contributed by atoms with van der Waals surface area (Å²) in [5, 5.41) is 7.88. The van der Waals surface area contributed by atoms with Crippen molar-refractivity contribution in [3.8, 4) is 11.1 Å². The van der Waals surface area contributed by atoms with Crippen LogP contribution in [0.5, 0.6) is 0 Å². The quantitative estimate of drug-likeness (QED) is 0.941. The minimum Gasteiger partial charge on any atom is -0.316 e. The van der Waals surface area contributed by atoms with Crippen molar-refractivity contribution in [1.82, 2.24) is 15.1 Å². The standard InChI is InChI=1S/C15H18BrN3/c1-11-6-13(2-3-15(11)16)14-8-18-19(10-14)9-12-4-5-17-7-12/h2-3,6,8,10,12,17H,4-5,7,9H2,1H3. The Balaban J connectivity index is 1.78. The molecule has 1 unspecified atom stereocenters. The highest BCUT2D eigenvalue weighted by atomic mass is 79.9. The van der Waals surface area contributed by atoms with Gasteiger partial charge in [-0.3, -0.25) is 4.68 Å². The second-order valence-electron chi connectivity index (χ2n) is 5.27. The van der Waals surface area contributed by atoms with E-state index < -0.39 is 0 Å². The molecule has 19 heavy (non-hydrogen) atoms. The van der Waals surface area contributed by atoms with Crippen molar-refractivity contribution in [2.24, 2.45) is 5.92 Å². The van der Waals surface area contributed by atoms with Crippen molar-refractivity contribution in [1.29, 1.82) is 0 Å². The predicted octanol–water partition coefficient (Wildman–Crippen LogP) is 3.23. The molecular formula is C15H18BrN3. The SMILES string of the molecule is Cc1cc(-c2cnn(CC3CCNC3)c2)ccc1Br. The maximum Gasteiger partial charge on any atom is 0.0568 e. The molecular weight excluding hydrogens is 302 g/mol. The Bertz CT molecular complexity index is 571. The van der Waals surface area contributed by atoms with E-state index in [0.29, 0.717) is 0 Å². The molecule has 1 aromatic heterocycles. The Hall–Kier alpha value is -1.13. The molecule has 1 saturated heterocycles. The van der Waals surface area contributed by atoms with E-state index >= 15 is 0 Å². The molecule has 3 nitrogen and oxygen atoms in total. The van der Waals surface area contributed by atoms with E-state index in [1.165, 1.54) is 23.1 Å². The van der Waals surface area contributed by atoms with Gasteiger partial charge in [-0.1, -0.05) is 28.1 Å². The van der Waals surface area contributed by atoms with E-state index in [1.807, 2.05) is 6.20 Å². The highest BCUT2D eigenvalue weighted by molar-refractivity contribution is 9.10. The van der Waals surface area contributed by atoms with Gasteiger partial charge < -0.3 is 5.32 Å². The topological polar surface area (TPSA) is 29.9 Å². The van der Waals surface area contributed by atoms with E-state index in [4.69, 9.17) is 0 Å². The number of aromatic nitrogens is 2. The Morgan fingerprint density at radius 3 is 3.05 bits per heavy atom. The highest BCUT2D eigenvalue weighted by Gasteiger charge is 2.15. The van der Waals surface area contributed by atoms with Crippen molar-refractivity contribution < 1.29 is 0 Å². The zero-order valence-corrected chi connectivity index (χ0v) is 12.7. The van der Waals surface area contributed by atoms with Crippen molar-refractivity contribution in [3.63, 3.8) is 0 Å². The molecule has 0 aliphatic carbocycles. The molecule has 1 aromatic carbocycles. The molecule has 1 N–H and O–H groups in total. The third kappa shape index (κ3) is 2.90. The zero-order chi connectivity index (χ0) is 13.2. The number of nitrogens with zero attached hydrogens (tertiary/aromatic N) is 2. The van der Waals surface area contributed by atoms with Gasteiger partial charge in [0, 0.05) is 22.8 Å². The van der Waals surface area contributed by atoms with Gasteiger partial charge in [0.05, 0.1) is 6.20 Å². The second-order valence-corrected chi connectivity index (χ2v) is 6.13. The first-order valence-corrected chi connectivity index (χ1v) is 7.51. The lowest BCUT2D eigenvalue weighted by molar-refractivity contribution is 0.449. The molecule has 4 heteroatoms. The third-order valence-electron chi connectivity index (χ3n) is 3.73. The third-order valence-corrected chi connectivity index (χ3v) is 4.62. The van der Waals surface area contributed by atoms with E-state index in [9.17, 15) is 0 Å². The maximum absolute atomic E-state index is 4.49. The van der Waals surface area contributed by atoms with Crippen LogP contribution in [0.1, 0.15) is 12.0 Å². The van der Waals surface area contributed by atoms with E-state index in [-0.39, 0.29) is 0 Å². The van der Waals surface area contributed by atoms with E-state index in [2.05, 4.69) is 62.3 Å². The van der Waals surface area contributed by atoms with Gasteiger partial charge in [-0.05, 0) is 49.5 Å². The number of hydrogen-bond donors (Lipinski definition) is 1. The van der Waals surface area contributed by atoms with Gasteiger partial charge in [0.25, 0.3) is 0 Å². The largest absolute Gasteiger partial charge is 0.316 e. The lowest BCUT2D eigenvalue weighted by atomic mass is 10.1. The number of nitrogens with one attached hydrogen (secondary N) is 1. The molecule has 100 valence electrons. The first kappa shape index (κ1) is 12.9. The summed E-state index contributed by atoms with van der Waals surface area (Å²) < 4.78 is 3.23. The lowest BCUT2D eigenvalue weighted by Crippen LogP contribution is -2.14. The average Bonchev–Trinajstić information content (AvgIpc) is 3.05. The van der Waals surface area contributed by atoms with Gasteiger partial charge in [-0.2, -0.15) is 5.10 Å². The summed E-state index contributed by atoms with van der Waals surface area (Å²) >= 11 is 3.54. The number of aryl methyl sites for hydroxylation is 1. The summed E-state index contributed by atoms with van der Waals surface area (Å²) in [4.78, 5) is 0. The van der Waals surface area contributed by atoms with Crippen LogP contribution < -0.4 is 5.32 Å². The molecule has 1 aliphatic heterocycles. The summed E-state index contributed by atoms with van der Waals surface area (Å²) in [6.07, 6.45) is 5.37. The fourth-order valence-corrected chi connectivity index (χ4v) is 2.82. The molecule has 0 radical (unpaired) electrons. The normalized spacial score (nSPS) is 18.9. The molecule has 3 rings (SSSR count). The maximum atomic E-state index is 4.49. The Morgan fingerprint density at radius 1 is 1.42 bits per heavy atom. The number of rotatable bonds is 3. The van der Waals surface area contributed by atoms with Crippen LogP contribution in [0.15, 0.2) is 35.1 Å². The average molecular weight is 320 g/mol. The van der Waals surface area contributed by atoms with Crippen LogP contribution >= 0.6 is 15.9 Å². The van der Waals surface area contributed by atoms with E-state index in [0.717, 1.165) is 30.0 Å². The van der Waals surface area contributed by atoms with E-state index in [1.54, 1.807) is 0 Å². The van der Waals surface area contributed by atoms with Crippen molar-refractivity contribution in [2.75, 3.05) is 13.1 Å². The number of hydrogen-bond acceptors (Lipinski definition) is 2. The fraction of sp³-hybridized carbons (Fsp3) is 0.400. The van der Waals surface area contributed by atoms with Crippen LogP contribution in [0, 0.1) is 12.8 Å². The summed E-state index contributed by atoms with van der Waals surface area (Å²) in [6, 6.07) is 6.43. The summed E-state index contributed by atoms with van der Waals surface area (Å²) in [6.45, 7) is 5.39. The molecule has 0 amide bonds. The van der Waals surface area contributed by atoms with Crippen LogP contribution in [0.3, 0.4) is 0 Å². The summed E-state index contributed by atoms with van der Waals surface area (Å²) in [5.41, 5.74) is 3.68. The van der Waals surface area contributed by atoms with Crippen molar-refractivity contribution >= 4 is 15.9 Å². The summed E-state index contributed by atoms with van der Waals surface area (Å²) in [7, 11) is 0. The summed E-state index contributed by atoms with van der Waals surface area (Å²) in [5.74, 6) is 0.722. The van der Waals surface area contributed by atoms with Crippen LogP contribution in [-0.2, 0) is 6.54 Å².